The summed E-state index contributed by atoms with van der Waals surface area (Å²) >= 11 is 3.26. The molecule has 0 saturated heterocycles. The van der Waals surface area contributed by atoms with Gasteiger partial charge >= 0.3 is 18.1 Å². The molecule has 1 unspecified atom stereocenters. The lowest BCUT2D eigenvalue weighted by Gasteiger charge is -2.19. The van der Waals surface area contributed by atoms with Crippen molar-refractivity contribution in [2.24, 2.45) is 0 Å². The summed E-state index contributed by atoms with van der Waals surface area (Å²) < 4.78 is 49.6. The van der Waals surface area contributed by atoms with Gasteiger partial charge in [-0.1, -0.05) is 0 Å². The molecule has 1 amide bonds. The summed E-state index contributed by atoms with van der Waals surface area (Å²) in [4.78, 5) is 33.9. The van der Waals surface area contributed by atoms with Gasteiger partial charge in [0, 0.05) is 23.7 Å². The van der Waals surface area contributed by atoms with Crippen molar-refractivity contribution in [1.82, 2.24) is 0 Å². The Hall–Kier alpha value is -3.32. The maximum Gasteiger partial charge on any atom is 0.394 e. The Kier molecular flexibility index (Phi) is 9.70. The summed E-state index contributed by atoms with van der Waals surface area (Å²) in [5.41, 5.74) is 0.334. The normalized spacial score (nSPS) is 12.1. The Morgan fingerprint density at radius 3 is 2.28 bits per heavy atom. The number of aliphatic carboxylic acids is 1. The SMILES string of the molecule is CC(=O)c1ccc(OCC(O)COc2cc(NC(=O)C(=O)O)c(C)cc2Br)c(CCC(F)(F)F)c1O. The van der Waals surface area contributed by atoms with Gasteiger partial charge < -0.3 is 30.1 Å². The molecule has 2 aromatic rings. The van der Waals surface area contributed by atoms with Gasteiger partial charge in [-0.05, 0) is 60.0 Å². The molecule has 4 N–H and O–H groups in total. The molecular weight excluding hydrogens is 555 g/mol. The molecular formula is C23H23BrF3NO8. The monoisotopic (exact) mass is 577 g/mol. The van der Waals surface area contributed by atoms with Crippen LogP contribution in [-0.2, 0) is 16.0 Å². The Labute approximate surface area is 212 Å². The van der Waals surface area contributed by atoms with Crippen LogP contribution in [0.15, 0.2) is 28.7 Å². The van der Waals surface area contributed by atoms with Crippen LogP contribution in [0.25, 0.3) is 0 Å². The molecule has 0 heterocycles. The minimum Gasteiger partial charge on any atom is -0.507 e. The number of carbonyl (C=O) groups excluding carboxylic acids is 2. The van der Waals surface area contributed by atoms with Crippen molar-refractivity contribution < 1.29 is 52.3 Å². The van der Waals surface area contributed by atoms with Crippen molar-refractivity contribution in [2.45, 2.75) is 39.0 Å². The van der Waals surface area contributed by atoms with E-state index in [0.29, 0.717) is 10.0 Å². The lowest BCUT2D eigenvalue weighted by molar-refractivity contribution is -0.147. The molecule has 9 nitrogen and oxygen atoms in total. The summed E-state index contributed by atoms with van der Waals surface area (Å²) in [5, 5.41) is 31.5. The minimum absolute atomic E-state index is 0.129. The zero-order valence-electron chi connectivity index (χ0n) is 19.1. The topological polar surface area (TPSA) is 142 Å². The number of phenolic OH excluding ortho intramolecular Hbond substituents is 1. The first kappa shape index (κ1) is 28.9. The van der Waals surface area contributed by atoms with Crippen molar-refractivity contribution in [1.29, 1.82) is 0 Å². The summed E-state index contributed by atoms with van der Waals surface area (Å²) in [5.74, 6) is -4.05. The number of phenols is 1. The maximum absolute atomic E-state index is 12.7. The molecule has 0 aliphatic heterocycles. The predicted octanol–water partition coefficient (Wildman–Crippen LogP) is 4.00. The summed E-state index contributed by atoms with van der Waals surface area (Å²) in [6, 6.07) is 5.36. The van der Waals surface area contributed by atoms with Crippen LogP contribution in [0, 0.1) is 6.92 Å². The number of hydrogen-bond acceptors (Lipinski definition) is 7. The van der Waals surface area contributed by atoms with E-state index in [4.69, 9.17) is 14.6 Å². The van der Waals surface area contributed by atoms with Crippen molar-refractivity contribution >= 4 is 39.3 Å². The van der Waals surface area contributed by atoms with Gasteiger partial charge in [0.15, 0.2) is 5.78 Å². The van der Waals surface area contributed by atoms with E-state index in [1.807, 2.05) is 0 Å². The highest BCUT2D eigenvalue weighted by Gasteiger charge is 2.29. The molecule has 0 saturated carbocycles. The molecule has 1 atom stereocenters. The fraction of sp³-hybridized carbons (Fsp3) is 0.348. The zero-order chi connectivity index (χ0) is 27.2. The third-order valence-electron chi connectivity index (χ3n) is 4.86. The first-order valence-electron chi connectivity index (χ1n) is 10.4. The Balaban J connectivity index is 2.10. The Morgan fingerprint density at radius 1 is 1.11 bits per heavy atom. The van der Waals surface area contributed by atoms with Gasteiger partial charge in [0.05, 0.1) is 10.0 Å². The van der Waals surface area contributed by atoms with E-state index in [9.17, 15) is 37.8 Å². The molecule has 196 valence electrons. The molecule has 0 spiro atoms. The third-order valence-corrected chi connectivity index (χ3v) is 5.48. The minimum atomic E-state index is -4.51. The van der Waals surface area contributed by atoms with Crippen LogP contribution >= 0.6 is 15.9 Å². The number of ketones is 1. The number of ether oxygens (including phenoxy) is 2. The van der Waals surface area contributed by atoms with Crippen LogP contribution in [0.5, 0.6) is 17.2 Å². The molecule has 0 aromatic heterocycles. The highest BCUT2D eigenvalue weighted by atomic mass is 79.9. The highest BCUT2D eigenvalue weighted by Crippen LogP contribution is 2.35. The number of aryl methyl sites for hydroxylation is 1. The standard InChI is InChI=1S/C23H23BrF3NO8/c1-11-7-16(24)19(8-17(11)28-21(32)22(33)34)36-10-13(30)9-35-18-4-3-14(12(2)29)20(31)15(18)5-6-23(25,26)27/h3-4,7-8,13,30-31H,5-6,9-10H2,1-2H3,(H,28,32)(H,33,34). The van der Waals surface area contributed by atoms with E-state index in [2.05, 4.69) is 21.2 Å². The lowest BCUT2D eigenvalue weighted by atomic mass is 10.0. The number of aliphatic hydroxyl groups excluding tert-OH is 1. The number of hydrogen-bond donors (Lipinski definition) is 4. The van der Waals surface area contributed by atoms with E-state index in [0.717, 1.165) is 6.92 Å². The molecule has 0 radical (unpaired) electrons. The number of benzene rings is 2. The Morgan fingerprint density at radius 2 is 1.72 bits per heavy atom. The average Bonchev–Trinajstić information content (AvgIpc) is 2.76. The second-order valence-corrected chi connectivity index (χ2v) is 8.60. The third kappa shape index (κ3) is 8.12. The van der Waals surface area contributed by atoms with Crippen molar-refractivity contribution in [3.05, 3.63) is 45.4 Å². The first-order chi connectivity index (χ1) is 16.7. The number of halogens is 4. The smallest absolute Gasteiger partial charge is 0.394 e. The molecule has 13 heteroatoms. The highest BCUT2D eigenvalue weighted by molar-refractivity contribution is 9.10. The van der Waals surface area contributed by atoms with E-state index < -0.39 is 55.1 Å². The maximum atomic E-state index is 12.7. The lowest BCUT2D eigenvalue weighted by Crippen LogP contribution is -2.26. The fourth-order valence-corrected chi connectivity index (χ4v) is 3.61. The van der Waals surface area contributed by atoms with E-state index in [1.165, 1.54) is 18.2 Å². The fourth-order valence-electron chi connectivity index (χ4n) is 3.04. The van der Waals surface area contributed by atoms with E-state index in [1.54, 1.807) is 13.0 Å². The number of carboxylic acid groups (broad SMARTS) is 1. The second kappa shape index (κ2) is 12.1. The number of rotatable bonds is 10. The van der Waals surface area contributed by atoms with Crippen molar-refractivity contribution in [2.75, 3.05) is 18.5 Å². The molecule has 0 fully saturated rings. The number of amides is 1. The number of carbonyl (C=O) groups is 3. The van der Waals surface area contributed by atoms with Gasteiger partial charge in [0.1, 0.15) is 36.6 Å². The van der Waals surface area contributed by atoms with Crippen LogP contribution in [0.1, 0.15) is 34.8 Å². The van der Waals surface area contributed by atoms with Gasteiger partial charge in [-0.3, -0.25) is 9.59 Å². The molecule has 0 bridgehead atoms. The Bertz CT molecular complexity index is 1150. The van der Waals surface area contributed by atoms with Crippen molar-refractivity contribution in [3.8, 4) is 17.2 Å². The molecule has 2 rings (SSSR count). The van der Waals surface area contributed by atoms with E-state index >= 15 is 0 Å². The number of anilines is 1. The van der Waals surface area contributed by atoms with Gasteiger partial charge in [0.2, 0.25) is 0 Å². The zero-order valence-corrected chi connectivity index (χ0v) is 20.7. The predicted molar refractivity (Wildman–Crippen MR) is 125 cm³/mol. The van der Waals surface area contributed by atoms with E-state index in [-0.39, 0.29) is 34.9 Å². The molecule has 2 aromatic carbocycles. The van der Waals surface area contributed by atoms with Crippen molar-refractivity contribution in [3.63, 3.8) is 0 Å². The number of aliphatic hydroxyl groups is 1. The van der Waals surface area contributed by atoms with Gasteiger partial charge in [-0.25, -0.2) is 4.79 Å². The summed E-state index contributed by atoms with van der Waals surface area (Å²) in [7, 11) is 0. The molecule has 0 aliphatic rings. The first-order valence-corrected chi connectivity index (χ1v) is 11.2. The van der Waals surface area contributed by atoms with Crippen LogP contribution in [0.2, 0.25) is 0 Å². The number of Topliss-reactive ketones (excluding diaryl/α,β-unsaturated/α-hetero) is 1. The second-order valence-electron chi connectivity index (χ2n) is 7.74. The summed E-state index contributed by atoms with van der Waals surface area (Å²) in [6.07, 6.45) is -7.68. The van der Waals surface area contributed by atoms with Gasteiger partial charge in [0.25, 0.3) is 0 Å². The summed E-state index contributed by atoms with van der Waals surface area (Å²) in [6.45, 7) is 2.01. The van der Waals surface area contributed by atoms with Crippen LogP contribution in [0.3, 0.4) is 0 Å². The molecule has 36 heavy (non-hydrogen) atoms. The van der Waals surface area contributed by atoms with Crippen LogP contribution in [0.4, 0.5) is 18.9 Å². The van der Waals surface area contributed by atoms with Gasteiger partial charge in [-0.15, -0.1) is 0 Å². The quantitative estimate of drug-likeness (QED) is 0.245. The number of alkyl halides is 3. The van der Waals surface area contributed by atoms with Gasteiger partial charge in [-0.2, -0.15) is 13.2 Å². The number of carboxylic acids is 1. The number of nitrogens with one attached hydrogen (secondary N) is 1. The van der Waals surface area contributed by atoms with Crippen LogP contribution < -0.4 is 14.8 Å². The average molecular weight is 578 g/mol. The molecule has 0 aliphatic carbocycles. The largest absolute Gasteiger partial charge is 0.507 e. The van der Waals surface area contributed by atoms with Crippen LogP contribution in [-0.4, -0.2) is 58.5 Å². The number of aromatic hydroxyl groups is 1.